The normalized spacial score (nSPS) is 22.4. The Morgan fingerprint density at radius 2 is 2.16 bits per heavy atom. The van der Waals surface area contributed by atoms with Gasteiger partial charge in [0.15, 0.2) is 0 Å². The summed E-state index contributed by atoms with van der Waals surface area (Å²) in [7, 11) is 0. The molecule has 1 aromatic carbocycles. The van der Waals surface area contributed by atoms with E-state index in [4.69, 9.17) is 10.5 Å². The molecule has 1 saturated carbocycles. The van der Waals surface area contributed by atoms with E-state index < -0.39 is 0 Å². The van der Waals surface area contributed by atoms with Crippen LogP contribution in [-0.2, 0) is 0 Å². The second-order valence-corrected chi connectivity index (χ2v) is 5.69. The van der Waals surface area contributed by atoms with E-state index in [2.05, 4.69) is 19.2 Å². The molecular weight excluding hydrogens is 236 g/mol. The first kappa shape index (κ1) is 14.0. The lowest BCUT2D eigenvalue weighted by atomic mass is 9.98. The van der Waals surface area contributed by atoms with Crippen LogP contribution in [0.2, 0.25) is 0 Å². The summed E-state index contributed by atoms with van der Waals surface area (Å²) in [6.45, 7) is 6.24. The molecule has 2 unspecified atom stereocenters. The third-order valence-corrected chi connectivity index (χ3v) is 4.01. The Morgan fingerprint density at radius 3 is 2.84 bits per heavy atom. The molecule has 1 aromatic rings. The standard InChI is InChI=1S/C16H26N2O/c1-3-7-19-16-9-14(17)8-15(10-16)18-11-13-6-4-5-12(13)2/h8-10,12-13,18H,3-7,11,17H2,1-2H3. The molecule has 1 aliphatic carbocycles. The molecule has 1 fully saturated rings. The fourth-order valence-corrected chi connectivity index (χ4v) is 2.80. The minimum atomic E-state index is 0.739. The van der Waals surface area contributed by atoms with E-state index in [0.29, 0.717) is 0 Å². The first-order valence-electron chi connectivity index (χ1n) is 7.46. The van der Waals surface area contributed by atoms with Crippen LogP contribution in [0.5, 0.6) is 5.75 Å². The van der Waals surface area contributed by atoms with Crippen LogP contribution in [0.1, 0.15) is 39.5 Å². The van der Waals surface area contributed by atoms with Crippen molar-refractivity contribution in [3.05, 3.63) is 18.2 Å². The van der Waals surface area contributed by atoms with Crippen molar-refractivity contribution in [2.24, 2.45) is 11.8 Å². The number of anilines is 2. The van der Waals surface area contributed by atoms with Gasteiger partial charge >= 0.3 is 0 Å². The highest BCUT2D eigenvalue weighted by molar-refractivity contribution is 5.59. The fraction of sp³-hybridized carbons (Fsp3) is 0.625. The molecule has 3 N–H and O–H groups in total. The second-order valence-electron chi connectivity index (χ2n) is 5.69. The van der Waals surface area contributed by atoms with Gasteiger partial charge in [-0.1, -0.05) is 26.7 Å². The molecule has 0 saturated heterocycles. The van der Waals surface area contributed by atoms with Gasteiger partial charge in [-0.25, -0.2) is 0 Å². The van der Waals surface area contributed by atoms with E-state index in [9.17, 15) is 0 Å². The van der Waals surface area contributed by atoms with Crippen LogP contribution in [0.4, 0.5) is 11.4 Å². The van der Waals surface area contributed by atoms with Crippen molar-refractivity contribution in [3.8, 4) is 5.75 Å². The van der Waals surface area contributed by atoms with Crippen LogP contribution >= 0.6 is 0 Å². The molecule has 0 bridgehead atoms. The third-order valence-electron chi connectivity index (χ3n) is 4.01. The molecule has 1 aliphatic rings. The molecule has 106 valence electrons. The SMILES string of the molecule is CCCOc1cc(N)cc(NCC2CCCC2C)c1. The number of benzene rings is 1. The molecule has 0 radical (unpaired) electrons. The number of hydrogen-bond donors (Lipinski definition) is 2. The van der Waals surface area contributed by atoms with Crippen LogP contribution in [0.15, 0.2) is 18.2 Å². The van der Waals surface area contributed by atoms with E-state index in [1.165, 1.54) is 19.3 Å². The lowest BCUT2D eigenvalue weighted by Crippen LogP contribution is -2.16. The van der Waals surface area contributed by atoms with Crippen molar-refractivity contribution in [2.75, 3.05) is 24.2 Å². The van der Waals surface area contributed by atoms with Crippen molar-refractivity contribution < 1.29 is 4.74 Å². The highest BCUT2D eigenvalue weighted by Crippen LogP contribution is 2.31. The smallest absolute Gasteiger partial charge is 0.123 e. The minimum absolute atomic E-state index is 0.739. The van der Waals surface area contributed by atoms with Crippen LogP contribution in [0.25, 0.3) is 0 Å². The summed E-state index contributed by atoms with van der Waals surface area (Å²) in [5.41, 5.74) is 7.76. The van der Waals surface area contributed by atoms with Gasteiger partial charge in [-0.2, -0.15) is 0 Å². The summed E-state index contributed by atoms with van der Waals surface area (Å²) < 4.78 is 5.65. The van der Waals surface area contributed by atoms with Crippen molar-refractivity contribution >= 4 is 11.4 Å². The third kappa shape index (κ3) is 4.05. The number of nitrogens with two attached hydrogens (primary N) is 1. The first-order chi connectivity index (χ1) is 9.19. The largest absolute Gasteiger partial charge is 0.493 e. The predicted octanol–water partition coefficient (Wildman–Crippen LogP) is 3.91. The molecule has 0 aliphatic heterocycles. The number of nitrogen functional groups attached to an aromatic ring is 1. The zero-order chi connectivity index (χ0) is 13.7. The Kier molecular flexibility index (Phi) is 4.94. The average molecular weight is 262 g/mol. The van der Waals surface area contributed by atoms with Gasteiger partial charge in [0.05, 0.1) is 6.61 Å². The van der Waals surface area contributed by atoms with Gasteiger partial charge in [-0.05, 0) is 30.7 Å². The molecule has 0 spiro atoms. The van der Waals surface area contributed by atoms with Crippen LogP contribution in [-0.4, -0.2) is 13.2 Å². The number of hydrogen-bond acceptors (Lipinski definition) is 3. The number of nitrogens with one attached hydrogen (secondary N) is 1. The van der Waals surface area contributed by atoms with Gasteiger partial charge in [-0.3, -0.25) is 0 Å². The summed E-state index contributed by atoms with van der Waals surface area (Å²) in [5.74, 6) is 2.50. The second kappa shape index (κ2) is 6.69. The Labute approximate surface area is 116 Å². The maximum Gasteiger partial charge on any atom is 0.123 e. The lowest BCUT2D eigenvalue weighted by molar-refractivity contribution is 0.318. The molecule has 0 amide bonds. The Balaban J connectivity index is 1.93. The van der Waals surface area contributed by atoms with Gasteiger partial charge in [0.1, 0.15) is 5.75 Å². The van der Waals surface area contributed by atoms with Crippen molar-refractivity contribution in [3.63, 3.8) is 0 Å². The number of rotatable bonds is 6. The number of ether oxygens (including phenoxy) is 1. The van der Waals surface area contributed by atoms with E-state index in [1.54, 1.807) is 0 Å². The van der Waals surface area contributed by atoms with Crippen LogP contribution < -0.4 is 15.8 Å². The van der Waals surface area contributed by atoms with Gasteiger partial charge in [0, 0.05) is 30.1 Å². The summed E-state index contributed by atoms with van der Waals surface area (Å²) in [6.07, 6.45) is 5.09. The predicted molar refractivity (Wildman–Crippen MR) is 81.6 cm³/mol. The van der Waals surface area contributed by atoms with Crippen molar-refractivity contribution in [1.82, 2.24) is 0 Å². The molecule has 0 aromatic heterocycles. The van der Waals surface area contributed by atoms with Crippen LogP contribution in [0.3, 0.4) is 0 Å². The first-order valence-corrected chi connectivity index (χ1v) is 7.46. The van der Waals surface area contributed by atoms with Crippen molar-refractivity contribution in [2.45, 2.75) is 39.5 Å². The van der Waals surface area contributed by atoms with Crippen molar-refractivity contribution in [1.29, 1.82) is 0 Å². The van der Waals surface area contributed by atoms with Crippen LogP contribution in [0, 0.1) is 11.8 Å². The highest BCUT2D eigenvalue weighted by Gasteiger charge is 2.22. The zero-order valence-corrected chi connectivity index (χ0v) is 12.1. The highest BCUT2D eigenvalue weighted by atomic mass is 16.5. The monoisotopic (exact) mass is 262 g/mol. The lowest BCUT2D eigenvalue weighted by Gasteiger charge is -2.17. The van der Waals surface area contributed by atoms with Gasteiger partial charge in [-0.15, -0.1) is 0 Å². The maximum absolute atomic E-state index is 5.92. The molecule has 2 atom stereocenters. The molecule has 19 heavy (non-hydrogen) atoms. The Morgan fingerprint density at radius 1 is 1.32 bits per heavy atom. The van der Waals surface area contributed by atoms with Gasteiger partial charge in [0.25, 0.3) is 0 Å². The Bertz CT molecular complexity index is 406. The summed E-state index contributed by atoms with van der Waals surface area (Å²) >= 11 is 0. The average Bonchev–Trinajstić information content (AvgIpc) is 2.79. The topological polar surface area (TPSA) is 47.3 Å². The summed E-state index contributed by atoms with van der Waals surface area (Å²) in [4.78, 5) is 0. The zero-order valence-electron chi connectivity index (χ0n) is 12.1. The van der Waals surface area contributed by atoms with Gasteiger partial charge in [0.2, 0.25) is 0 Å². The Hall–Kier alpha value is -1.38. The molecule has 2 rings (SSSR count). The van der Waals surface area contributed by atoms with E-state index >= 15 is 0 Å². The minimum Gasteiger partial charge on any atom is -0.493 e. The summed E-state index contributed by atoms with van der Waals surface area (Å²) in [5, 5.41) is 3.51. The quantitative estimate of drug-likeness (QED) is 0.764. The molecule has 0 heterocycles. The molecule has 3 nitrogen and oxygen atoms in total. The fourth-order valence-electron chi connectivity index (χ4n) is 2.80. The van der Waals surface area contributed by atoms with E-state index in [-0.39, 0.29) is 0 Å². The maximum atomic E-state index is 5.92. The van der Waals surface area contributed by atoms with E-state index in [1.807, 2.05) is 18.2 Å². The summed E-state index contributed by atoms with van der Waals surface area (Å²) in [6, 6.07) is 5.92. The van der Waals surface area contributed by atoms with Gasteiger partial charge < -0.3 is 15.8 Å². The van der Waals surface area contributed by atoms with E-state index in [0.717, 1.165) is 48.5 Å². The molecule has 3 heteroatoms. The molecular formula is C16H26N2O.